The first-order valence-corrected chi connectivity index (χ1v) is 14.7. The maximum absolute atomic E-state index is 6.03. The van der Waals surface area contributed by atoms with Crippen LogP contribution in [-0.4, -0.2) is 97.2 Å². The average molecular weight is 613 g/mol. The Bertz CT molecular complexity index is 607. The molecule has 10 nitrogen and oxygen atoms in total. The van der Waals surface area contributed by atoms with E-state index in [4.69, 9.17) is 51.4 Å². The zero-order valence-corrected chi connectivity index (χ0v) is 25.3. The second kappa shape index (κ2) is 22.1. The second-order valence-electron chi connectivity index (χ2n) is 8.89. The van der Waals surface area contributed by atoms with E-state index in [9.17, 15) is 0 Å². The zero-order valence-electron chi connectivity index (χ0n) is 22.0. The molecule has 3 rings (SSSR count). The molecule has 4 atom stereocenters. The Morgan fingerprint density at radius 3 is 0.789 bits per heavy atom. The molecule has 0 spiro atoms. The maximum Gasteiger partial charge on any atom is 0.131 e. The summed E-state index contributed by atoms with van der Waals surface area (Å²) >= 11 is 17.3. The van der Waals surface area contributed by atoms with E-state index in [1.165, 1.54) is 25.7 Å². The predicted octanol–water partition coefficient (Wildman–Crippen LogP) is 1.84. The molecule has 0 aromatic rings. The Kier molecular flexibility index (Phi) is 20.5. The van der Waals surface area contributed by atoms with Gasteiger partial charge in [0.1, 0.15) is 20.0 Å². The Balaban J connectivity index is 0.000000503. The summed E-state index contributed by atoms with van der Waals surface area (Å²) in [6.45, 7) is 4.93. The minimum Gasteiger partial charge on any atom is -0.388 e. The Labute approximate surface area is 248 Å². The standard InChI is InChI=1S/C20H36O6.2C2H4N2S2/c1-2-6-18-17(5-1)23-13-9-21-11-15-25-19-7-3-4-8-20(19)26-16-12-22-10-14-24-18;2*3-1(5)2(4)6/h17-20H,1-16H2;2*(H2,3,5)(H2,4,6)/t17-,18+,19-,20+;;. The van der Waals surface area contributed by atoms with E-state index >= 15 is 0 Å². The summed E-state index contributed by atoms with van der Waals surface area (Å²) in [5.41, 5.74) is 19.6. The first-order chi connectivity index (χ1) is 18.2. The van der Waals surface area contributed by atoms with Crippen LogP contribution in [-0.2, 0) is 28.4 Å². The molecule has 3 aliphatic rings. The van der Waals surface area contributed by atoms with Crippen LogP contribution >= 0.6 is 48.9 Å². The van der Waals surface area contributed by atoms with Gasteiger partial charge in [-0.15, -0.1) is 0 Å². The third kappa shape index (κ3) is 17.1. The minimum atomic E-state index is 0.102. The van der Waals surface area contributed by atoms with Crippen molar-refractivity contribution in [2.24, 2.45) is 22.9 Å². The number of hydrogen-bond donors (Lipinski definition) is 4. The van der Waals surface area contributed by atoms with Gasteiger partial charge in [-0.2, -0.15) is 0 Å². The molecule has 2 saturated carbocycles. The third-order valence-electron chi connectivity index (χ3n) is 6.01. The summed E-state index contributed by atoms with van der Waals surface area (Å²) in [6, 6.07) is 0. The van der Waals surface area contributed by atoms with E-state index in [1.54, 1.807) is 0 Å². The van der Waals surface area contributed by atoms with Crippen molar-refractivity contribution >= 4 is 68.8 Å². The van der Waals surface area contributed by atoms with Crippen LogP contribution in [0.25, 0.3) is 0 Å². The third-order valence-corrected chi connectivity index (χ3v) is 7.15. The largest absolute Gasteiger partial charge is 0.388 e. The van der Waals surface area contributed by atoms with E-state index in [-0.39, 0.29) is 44.4 Å². The highest BCUT2D eigenvalue weighted by molar-refractivity contribution is 7.89. The van der Waals surface area contributed by atoms with Gasteiger partial charge in [0.2, 0.25) is 0 Å². The molecule has 2 aliphatic carbocycles. The maximum atomic E-state index is 6.03. The summed E-state index contributed by atoms with van der Waals surface area (Å²) in [5, 5.41) is 0. The van der Waals surface area contributed by atoms with Gasteiger partial charge >= 0.3 is 0 Å². The highest BCUT2D eigenvalue weighted by atomic mass is 32.1. The van der Waals surface area contributed by atoms with Crippen LogP contribution in [0.3, 0.4) is 0 Å². The van der Waals surface area contributed by atoms with Gasteiger partial charge in [-0.25, -0.2) is 0 Å². The predicted molar refractivity (Wildman–Crippen MR) is 165 cm³/mol. The lowest BCUT2D eigenvalue weighted by atomic mass is 9.94. The van der Waals surface area contributed by atoms with Crippen molar-refractivity contribution in [3.63, 3.8) is 0 Å². The van der Waals surface area contributed by atoms with Crippen LogP contribution in [0.15, 0.2) is 0 Å². The number of ether oxygens (including phenoxy) is 6. The molecule has 38 heavy (non-hydrogen) atoms. The first-order valence-electron chi connectivity index (χ1n) is 13.0. The number of fused-ring (bicyclic) bond motifs is 2. The lowest BCUT2D eigenvalue weighted by Crippen LogP contribution is -2.37. The van der Waals surface area contributed by atoms with Crippen LogP contribution in [0.4, 0.5) is 0 Å². The highest BCUT2D eigenvalue weighted by Gasteiger charge is 2.27. The smallest absolute Gasteiger partial charge is 0.131 e. The fourth-order valence-corrected chi connectivity index (χ4v) is 4.13. The van der Waals surface area contributed by atoms with E-state index in [1.807, 2.05) is 0 Å². The quantitative estimate of drug-likeness (QED) is 0.293. The minimum absolute atomic E-state index is 0.102. The number of hydrogen-bond acceptors (Lipinski definition) is 10. The molecule has 0 radical (unpaired) electrons. The fraction of sp³-hybridized carbons (Fsp3) is 0.833. The SMILES string of the molecule is C1CC[C@H]2OCCOCCO[C@@H]3CCCC[C@@H]3OCCOCCO[C@H]2C1.NC(=S)C(N)=S.NC(=S)C(N)=S. The molecule has 1 saturated heterocycles. The Morgan fingerprint density at radius 2 is 0.605 bits per heavy atom. The average Bonchev–Trinajstić information content (AvgIpc) is 2.89. The van der Waals surface area contributed by atoms with Gasteiger partial charge in [-0.05, 0) is 25.7 Å². The van der Waals surface area contributed by atoms with E-state index < -0.39 is 0 Å². The monoisotopic (exact) mass is 612 g/mol. The molecule has 0 amide bonds. The van der Waals surface area contributed by atoms with Crippen LogP contribution in [0.2, 0.25) is 0 Å². The van der Waals surface area contributed by atoms with Gasteiger partial charge in [-0.3, -0.25) is 0 Å². The van der Waals surface area contributed by atoms with Crippen molar-refractivity contribution in [2.45, 2.75) is 75.8 Å². The van der Waals surface area contributed by atoms with Crippen LogP contribution in [0.1, 0.15) is 51.4 Å². The molecule has 3 fully saturated rings. The van der Waals surface area contributed by atoms with Gasteiger partial charge < -0.3 is 51.4 Å². The van der Waals surface area contributed by atoms with Crippen molar-refractivity contribution in [1.29, 1.82) is 0 Å². The van der Waals surface area contributed by atoms with Crippen molar-refractivity contribution in [2.75, 3.05) is 52.9 Å². The number of rotatable bonds is 0. The van der Waals surface area contributed by atoms with Gasteiger partial charge in [0.15, 0.2) is 0 Å². The molecule has 0 unspecified atom stereocenters. The summed E-state index contributed by atoms with van der Waals surface area (Å²) in [7, 11) is 0. The van der Waals surface area contributed by atoms with Crippen LogP contribution in [0, 0.1) is 0 Å². The summed E-state index contributed by atoms with van der Waals surface area (Å²) < 4.78 is 35.5. The fourth-order valence-electron chi connectivity index (χ4n) is 4.13. The van der Waals surface area contributed by atoms with Crippen molar-refractivity contribution in [3.8, 4) is 0 Å². The molecule has 1 heterocycles. The number of thiocarbonyl (C=S) groups is 4. The molecule has 8 N–H and O–H groups in total. The van der Waals surface area contributed by atoms with Gasteiger partial charge in [0.25, 0.3) is 0 Å². The van der Waals surface area contributed by atoms with Crippen molar-refractivity contribution < 1.29 is 28.4 Å². The lowest BCUT2D eigenvalue weighted by Gasteiger charge is -2.32. The Hall–Kier alpha value is -0.680. The van der Waals surface area contributed by atoms with Gasteiger partial charge in [0, 0.05) is 0 Å². The zero-order chi connectivity index (χ0) is 28.2. The number of nitrogens with two attached hydrogens (primary N) is 4. The van der Waals surface area contributed by atoms with Gasteiger partial charge in [-0.1, -0.05) is 74.6 Å². The van der Waals surface area contributed by atoms with Crippen LogP contribution < -0.4 is 22.9 Å². The summed E-state index contributed by atoms with van der Waals surface area (Å²) in [6.07, 6.45) is 9.93. The summed E-state index contributed by atoms with van der Waals surface area (Å²) in [4.78, 5) is 0.407. The van der Waals surface area contributed by atoms with E-state index in [0.717, 1.165) is 25.7 Å². The topological polar surface area (TPSA) is 159 Å². The molecule has 0 aromatic heterocycles. The molecular weight excluding hydrogens is 569 g/mol. The summed E-state index contributed by atoms with van der Waals surface area (Å²) in [5.74, 6) is 0. The molecule has 220 valence electrons. The second-order valence-corrected chi connectivity index (χ2v) is 10.6. The van der Waals surface area contributed by atoms with E-state index in [2.05, 4.69) is 48.9 Å². The molecule has 0 bridgehead atoms. The molecule has 1 aliphatic heterocycles. The molecule has 0 aromatic carbocycles. The highest BCUT2D eigenvalue weighted by Crippen LogP contribution is 2.25. The van der Waals surface area contributed by atoms with Crippen molar-refractivity contribution in [1.82, 2.24) is 0 Å². The lowest BCUT2D eigenvalue weighted by molar-refractivity contribution is -0.129. The van der Waals surface area contributed by atoms with Gasteiger partial charge in [0.05, 0.1) is 77.3 Å². The van der Waals surface area contributed by atoms with E-state index in [0.29, 0.717) is 52.9 Å². The van der Waals surface area contributed by atoms with Crippen LogP contribution in [0.5, 0.6) is 0 Å². The first kappa shape index (κ1) is 35.3. The Morgan fingerprint density at radius 1 is 0.395 bits per heavy atom. The van der Waals surface area contributed by atoms with Crippen molar-refractivity contribution in [3.05, 3.63) is 0 Å². The molecule has 14 heteroatoms. The normalized spacial score (nSPS) is 27.6. The molecular formula is C24H44N4O6S4.